The number of carbonyl (C=O) groups is 2. The molecule has 140 valence electrons. The molecule has 0 saturated carbocycles. The zero-order chi connectivity index (χ0) is 17.5. The van der Waals surface area contributed by atoms with Crippen LogP contribution in [0.15, 0.2) is 30.3 Å². The summed E-state index contributed by atoms with van der Waals surface area (Å²) in [5, 5.41) is 0. The van der Waals surface area contributed by atoms with Crippen molar-refractivity contribution in [3.8, 4) is 0 Å². The molecule has 0 radical (unpaired) electrons. The van der Waals surface area contributed by atoms with Crippen LogP contribution >= 0.6 is 0 Å². The standard InChI is InChI=1S/C19H27NO4.ClH/c1-4-23-19(22)16-13-20(12-14(2)3)11-10-17(16)24-18(21)15-8-6-5-7-9-15;/h5-9,14,16-17H,4,10-13H2,1-3H3;1H. The molecule has 0 aliphatic carbocycles. The molecule has 6 heteroatoms. The van der Waals surface area contributed by atoms with Gasteiger partial charge in [0.1, 0.15) is 12.0 Å². The molecule has 1 fully saturated rings. The maximum absolute atomic E-state index is 12.3. The first-order valence-corrected chi connectivity index (χ1v) is 8.66. The summed E-state index contributed by atoms with van der Waals surface area (Å²) in [5.74, 6) is -0.564. The van der Waals surface area contributed by atoms with E-state index < -0.39 is 12.0 Å². The minimum absolute atomic E-state index is 0. The monoisotopic (exact) mass is 369 g/mol. The van der Waals surface area contributed by atoms with Crippen LogP contribution in [0.5, 0.6) is 0 Å². The lowest BCUT2D eigenvalue weighted by Gasteiger charge is -2.37. The number of ether oxygens (including phenoxy) is 2. The van der Waals surface area contributed by atoms with Crippen LogP contribution in [0.4, 0.5) is 0 Å². The molecule has 1 aromatic carbocycles. The maximum atomic E-state index is 12.3. The van der Waals surface area contributed by atoms with Crippen LogP contribution in [-0.4, -0.2) is 49.2 Å². The zero-order valence-electron chi connectivity index (χ0n) is 16.1. The Hall–Kier alpha value is -1.59. The summed E-state index contributed by atoms with van der Waals surface area (Å²) >= 11 is 0. The van der Waals surface area contributed by atoms with Crippen LogP contribution < -0.4 is 12.4 Å². The van der Waals surface area contributed by atoms with Crippen LogP contribution in [-0.2, 0) is 14.3 Å². The Kier molecular flexibility index (Phi) is 8.93. The number of hydrogen-bond donors (Lipinski definition) is 0. The SMILES string of the molecule is CCOC(=O)C1CN(CC(C)C)CCC1OC(=O)c1ccccc1.[Cl-].[H+]. The summed E-state index contributed by atoms with van der Waals surface area (Å²) in [5.41, 5.74) is 0.504. The maximum Gasteiger partial charge on any atom is 1.00 e. The summed E-state index contributed by atoms with van der Waals surface area (Å²) < 4.78 is 10.8. The van der Waals surface area contributed by atoms with E-state index in [-0.39, 0.29) is 25.8 Å². The fourth-order valence-corrected chi connectivity index (χ4v) is 3.08. The van der Waals surface area contributed by atoms with Gasteiger partial charge in [-0.2, -0.15) is 0 Å². The van der Waals surface area contributed by atoms with E-state index in [2.05, 4.69) is 18.7 Å². The fourth-order valence-electron chi connectivity index (χ4n) is 3.08. The van der Waals surface area contributed by atoms with E-state index in [0.29, 0.717) is 31.1 Å². The first-order valence-electron chi connectivity index (χ1n) is 8.66. The lowest BCUT2D eigenvalue weighted by molar-refractivity contribution is -0.155. The van der Waals surface area contributed by atoms with Crippen LogP contribution in [0.25, 0.3) is 0 Å². The topological polar surface area (TPSA) is 55.8 Å². The predicted molar refractivity (Wildman–Crippen MR) is 92.8 cm³/mol. The van der Waals surface area contributed by atoms with Gasteiger partial charge in [0.2, 0.25) is 0 Å². The van der Waals surface area contributed by atoms with E-state index in [4.69, 9.17) is 9.47 Å². The molecule has 2 rings (SSSR count). The van der Waals surface area contributed by atoms with Crippen molar-refractivity contribution < 1.29 is 32.9 Å². The van der Waals surface area contributed by atoms with Crippen molar-refractivity contribution in [2.45, 2.75) is 33.3 Å². The van der Waals surface area contributed by atoms with Crippen molar-refractivity contribution in [2.24, 2.45) is 11.8 Å². The number of esters is 2. The minimum atomic E-state index is -0.430. The Labute approximate surface area is 157 Å². The van der Waals surface area contributed by atoms with Crippen molar-refractivity contribution in [1.29, 1.82) is 0 Å². The molecule has 1 aromatic rings. The highest BCUT2D eigenvalue weighted by molar-refractivity contribution is 5.89. The molecule has 25 heavy (non-hydrogen) atoms. The molecule has 1 aliphatic rings. The molecule has 1 aliphatic heterocycles. The molecule has 0 spiro atoms. The molecular formula is C19H28ClNO4. The van der Waals surface area contributed by atoms with Crippen molar-refractivity contribution in [1.82, 2.24) is 4.90 Å². The summed E-state index contributed by atoms with van der Waals surface area (Å²) in [6, 6.07) is 8.88. The molecule has 0 amide bonds. The molecule has 2 unspecified atom stereocenters. The van der Waals surface area contributed by atoms with Gasteiger partial charge < -0.3 is 26.8 Å². The second-order valence-electron chi connectivity index (χ2n) is 6.61. The predicted octanol–water partition coefficient (Wildman–Crippen LogP) is -0.130. The summed E-state index contributed by atoms with van der Waals surface area (Å²) in [6.07, 6.45) is 0.217. The third-order valence-corrected chi connectivity index (χ3v) is 4.11. The molecule has 0 bridgehead atoms. The van der Waals surface area contributed by atoms with Gasteiger partial charge in [0.15, 0.2) is 0 Å². The van der Waals surface area contributed by atoms with E-state index in [1.165, 1.54) is 0 Å². The molecule has 0 aromatic heterocycles. The largest absolute Gasteiger partial charge is 1.00 e. The van der Waals surface area contributed by atoms with Gasteiger partial charge in [-0.1, -0.05) is 32.0 Å². The molecule has 5 nitrogen and oxygen atoms in total. The van der Waals surface area contributed by atoms with Crippen molar-refractivity contribution in [3.05, 3.63) is 35.9 Å². The molecule has 0 N–H and O–H groups in total. The van der Waals surface area contributed by atoms with Gasteiger partial charge >= 0.3 is 13.4 Å². The smallest absolute Gasteiger partial charge is 1.00 e. The average Bonchev–Trinajstić information content (AvgIpc) is 2.56. The van der Waals surface area contributed by atoms with Gasteiger partial charge in [0, 0.05) is 19.6 Å². The van der Waals surface area contributed by atoms with E-state index in [0.717, 1.165) is 13.1 Å². The number of piperidine rings is 1. The summed E-state index contributed by atoms with van der Waals surface area (Å²) in [6.45, 7) is 8.75. The molecule has 2 atom stereocenters. The Morgan fingerprint density at radius 1 is 1.28 bits per heavy atom. The van der Waals surface area contributed by atoms with Crippen LogP contribution in [0.2, 0.25) is 0 Å². The lowest BCUT2D eigenvalue weighted by Crippen LogP contribution is -3.00. The average molecular weight is 370 g/mol. The minimum Gasteiger partial charge on any atom is -1.00 e. The van der Waals surface area contributed by atoms with E-state index in [9.17, 15) is 9.59 Å². The number of hydrogen-bond acceptors (Lipinski definition) is 5. The van der Waals surface area contributed by atoms with E-state index in [1.807, 2.05) is 6.07 Å². The quantitative estimate of drug-likeness (QED) is 0.654. The normalized spacial score (nSPS) is 20.6. The third-order valence-electron chi connectivity index (χ3n) is 4.11. The summed E-state index contributed by atoms with van der Waals surface area (Å²) in [4.78, 5) is 26.9. The van der Waals surface area contributed by atoms with Crippen LogP contribution in [0, 0.1) is 11.8 Å². The Morgan fingerprint density at radius 3 is 2.56 bits per heavy atom. The number of nitrogens with zero attached hydrogens (tertiary/aromatic N) is 1. The highest BCUT2D eigenvalue weighted by atomic mass is 35.5. The number of benzene rings is 1. The van der Waals surface area contributed by atoms with Crippen molar-refractivity contribution in [3.63, 3.8) is 0 Å². The third kappa shape index (κ3) is 6.33. The Bertz CT molecular complexity index is 556. The number of likely N-dealkylation sites (tertiary alicyclic amines) is 1. The van der Waals surface area contributed by atoms with Crippen molar-refractivity contribution >= 4 is 11.9 Å². The van der Waals surface area contributed by atoms with Crippen LogP contribution in [0.1, 0.15) is 39.0 Å². The van der Waals surface area contributed by atoms with Crippen molar-refractivity contribution in [2.75, 3.05) is 26.2 Å². The van der Waals surface area contributed by atoms with Gasteiger partial charge in [0.05, 0.1) is 12.2 Å². The summed E-state index contributed by atoms with van der Waals surface area (Å²) in [7, 11) is 0. The highest BCUT2D eigenvalue weighted by Crippen LogP contribution is 2.23. The van der Waals surface area contributed by atoms with Gasteiger partial charge in [-0.3, -0.25) is 4.79 Å². The second-order valence-corrected chi connectivity index (χ2v) is 6.61. The van der Waals surface area contributed by atoms with Crippen LogP contribution in [0.3, 0.4) is 0 Å². The number of carbonyl (C=O) groups excluding carboxylic acids is 2. The first kappa shape index (κ1) is 21.5. The number of halogens is 1. The molecule has 1 heterocycles. The number of rotatable bonds is 6. The van der Waals surface area contributed by atoms with Gasteiger partial charge in [0.25, 0.3) is 0 Å². The lowest BCUT2D eigenvalue weighted by atomic mass is 9.93. The van der Waals surface area contributed by atoms with E-state index in [1.54, 1.807) is 31.2 Å². The Morgan fingerprint density at radius 2 is 1.96 bits per heavy atom. The molecule has 1 saturated heterocycles. The van der Waals surface area contributed by atoms with Gasteiger partial charge in [-0.05, 0) is 31.4 Å². The van der Waals surface area contributed by atoms with Gasteiger partial charge in [-0.15, -0.1) is 0 Å². The first-order chi connectivity index (χ1) is 11.5. The van der Waals surface area contributed by atoms with E-state index >= 15 is 0 Å². The molecular weight excluding hydrogens is 342 g/mol. The zero-order valence-corrected chi connectivity index (χ0v) is 15.9. The van der Waals surface area contributed by atoms with Gasteiger partial charge in [-0.25, -0.2) is 4.79 Å². The fraction of sp³-hybridized carbons (Fsp3) is 0.579. The second kappa shape index (κ2) is 10.4. The highest BCUT2D eigenvalue weighted by Gasteiger charge is 2.38. The Balaban J connectivity index is 0.00000312.